The summed E-state index contributed by atoms with van der Waals surface area (Å²) in [6.07, 6.45) is 1.69. The summed E-state index contributed by atoms with van der Waals surface area (Å²) in [6.45, 7) is 2.12. The van der Waals surface area contributed by atoms with Crippen molar-refractivity contribution in [3.63, 3.8) is 0 Å². The Kier molecular flexibility index (Phi) is 6.39. The van der Waals surface area contributed by atoms with Crippen molar-refractivity contribution in [2.24, 2.45) is 4.99 Å². The molecule has 0 aliphatic rings. The van der Waals surface area contributed by atoms with Gasteiger partial charge in [-0.05, 0) is 24.6 Å². The molecule has 6 heteroatoms. The topological polar surface area (TPSA) is 66.4 Å². The van der Waals surface area contributed by atoms with Gasteiger partial charge in [0.1, 0.15) is 0 Å². The lowest BCUT2D eigenvalue weighted by atomic mass is 10.1. The van der Waals surface area contributed by atoms with E-state index in [0.29, 0.717) is 35.1 Å². The Morgan fingerprint density at radius 1 is 1.00 bits per heavy atom. The third kappa shape index (κ3) is 4.50. The molecule has 25 heavy (non-hydrogen) atoms. The largest absolute Gasteiger partial charge is 0.493 e. The summed E-state index contributed by atoms with van der Waals surface area (Å²) in [4.78, 5) is 16.1. The predicted octanol–water partition coefficient (Wildman–Crippen LogP) is 3.64. The first kappa shape index (κ1) is 18.3. The molecule has 0 atom stereocenters. The summed E-state index contributed by atoms with van der Waals surface area (Å²) in [7, 11) is 4.66. The molecule has 2 aromatic rings. The zero-order valence-electron chi connectivity index (χ0n) is 14.7. The zero-order chi connectivity index (χ0) is 18.2. The minimum Gasteiger partial charge on any atom is -0.493 e. The van der Waals surface area contributed by atoms with E-state index in [1.54, 1.807) is 70.9 Å². The van der Waals surface area contributed by atoms with E-state index in [9.17, 15) is 4.79 Å². The first-order valence-electron chi connectivity index (χ1n) is 7.74. The van der Waals surface area contributed by atoms with Crippen molar-refractivity contribution in [1.29, 1.82) is 0 Å². The lowest BCUT2D eigenvalue weighted by molar-refractivity contribution is 0.0526. The van der Waals surface area contributed by atoms with Gasteiger partial charge in [0.05, 0.1) is 39.2 Å². The smallest absolute Gasteiger partial charge is 0.338 e. The van der Waals surface area contributed by atoms with Gasteiger partial charge in [0, 0.05) is 18.3 Å². The molecule has 0 aromatic heterocycles. The highest BCUT2D eigenvalue weighted by atomic mass is 16.5. The standard InChI is InChI=1S/C19H21NO5/c1-5-25-19(21)14-8-6-13(7-9-14)12-20-15-10-16(22-2)18(24-4)17(11-15)23-3/h6-12H,5H2,1-4H3. The summed E-state index contributed by atoms with van der Waals surface area (Å²) >= 11 is 0. The molecule has 0 aliphatic carbocycles. The summed E-state index contributed by atoms with van der Waals surface area (Å²) < 4.78 is 20.9. The van der Waals surface area contributed by atoms with Crippen LogP contribution >= 0.6 is 0 Å². The number of hydrogen-bond acceptors (Lipinski definition) is 6. The third-order valence-electron chi connectivity index (χ3n) is 3.43. The minimum atomic E-state index is -0.337. The van der Waals surface area contributed by atoms with E-state index in [0.717, 1.165) is 5.56 Å². The van der Waals surface area contributed by atoms with Crippen LogP contribution in [0.15, 0.2) is 41.4 Å². The highest BCUT2D eigenvalue weighted by Gasteiger charge is 2.12. The first-order chi connectivity index (χ1) is 12.1. The SMILES string of the molecule is CCOC(=O)c1ccc(C=Nc2cc(OC)c(OC)c(OC)c2)cc1. The molecule has 0 saturated heterocycles. The highest BCUT2D eigenvalue weighted by molar-refractivity contribution is 5.91. The van der Waals surface area contributed by atoms with Gasteiger partial charge in [-0.3, -0.25) is 4.99 Å². The van der Waals surface area contributed by atoms with Gasteiger partial charge in [0.2, 0.25) is 5.75 Å². The van der Waals surface area contributed by atoms with E-state index in [-0.39, 0.29) is 5.97 Å². The second kappa shape index (κ2) is 8.73. The number of nitrogens with zero attached hydrogens (tertiary/aromatic N) is 1. The molecule has 2 rings (SSSR count). The molecule has 2 aromatic carbocycles. The average Bonchev–Trinajstić information content (AvgIpc) is 2.65. The number of carbonyl (C=O) groups is 1. The van der Waals surface area contributed by atoms with Gasteiger partial charge in [-0.1, -0.05) is 12.1 Å². The molecule has 0 heterocycles. The Hall–Kier alpha value is -3.02. The predicted molar refractivity (Wildman–Crippen MR) is 95.8 cm³/mol. The van der Waals surface area contributed by atoms with Crippen molar-refractivity contribution < 1.29 is 23.7 Å². The van der Waals surface area contributed by atoms with Crippen LogP contribution in [0.4, 0.5) is 5.69 Å². The number of rotatable bonds is 7. The summed E-state index contributed by atoms with van der Waals surface area (Å²) in [5.74, 6) is 1.25. The molecule has 0 radical (unpaired) electrons. The summed E-state index contributed by atoms with van der Waals surface area (Å²) in [5.41, 5.74) is 2.01. The quantitative estimate of drug-likeness (QED) is 0.567. The maximum atomic E-state index is 11.6. The van der Waals surface area contributed by atoms with Crippen LogP contribution in [0.25, 0.3) is 0 Å². The summed E-state index contributed by atoms with van der Waals surface area (Å²) in [6, 6.07) is 10.5. The molecule has 0 saturated carbocycles. The van der Waals surface area contributed by atoms with Gasteiger partial charge in [-0.2, -0.15) is 0 Å². The van der Waals surface area contributed by atoms with Crippen LogP contribution in [0.1, 0.15) is 22.8 Å². The minimum absolute atomic E-state index is 0.337. The highest BCUT2D eigenvalue weighted by Crippen LogP contribution is 2.40. The maximum absolute atomic E-state index is 11.6. The molecule has 0 aliphatic heterocycles. The fourth-order valence-corrected chi connectivity index (χ4v) is 2.21. The molecule has 0 bridgehead atoms. The molecule has 0 N–H and O–H groups in total. The number of carbonyl (C=O) groups excluding carboxylic acids is 1. The second-order valence-electron chi connectivity index (χ2n) is 4.98. The Bertz CT molecular complexity index is 728. The number of ether oxygens (including phenoxy) is 4. The van der Waals surface area contributed by atoms with Crippen molar-refractivity contribution in [3.8, 4) is 17.2 Å². The lowest BCUT2D eigenvalue weighted by Gasteiger charge is -2.12. The fourth-order valence-electron chi connectivity index (χ4n) is 2.21. The average molecular weight is 343 g/mol. The molecule has 0 amide bonds. The number of benzene rings is 2. The van der Waals surface area contributed by atoms with Crippen LogP contribution in [-0.4, -0.2) is 40.1 Å². The molecular formula is C19H21NO5. The second-order valence-corrected chi connectivity index (χ2v) is 4.98. The van der Waals surface area contributed by atoms with E-state index >= 15 is 0 Å². The van der Waals surface area contributed by atoms with Crippen LogP contribution in [0, 0.1) is 0 Å². The zero-order valence-corrected chi connectivity index (χ0v) is 14.7. The molecule has 0 unspecified atom stereocenters. The normalized spacial score (nSPS) is 10.6. The molecule has 6 nitrogen and oxygen atoms in total. The van der Waals surface area contributed by atoms with Crippen LogP contribution in [0.5, 0.6) is 17.2 Å². The number of esters is 1. The fraction of sp³-hybridized carbons (Fsp3) is 0.263. The van der Waals surface area contributed by atoms with Crippen molar-refractivity contribution in [3.05, 3.63) is 47.5 Å². The van der Waals surface area contributed by atoms with Crippen LogP contribution < -0.4 is 14.2 Å². The van der Waals surface area contributed by atoms with Crippen molar-refractivity contribution in [1.82, 2.24) is 0 Å². The molecule has 0 spiro atoms. The number of aliphatic imine (C=N–C) groups is 1. The van der Waals surface area contributed by atoms with E-state index in [4.69, 9.17) is 18.9 Å². The van der Waals surface area contributed by atoms with Gasteiger partial charge in [0.25, 0.3) is 0 Å². The Morgan fingerprint density at radius 3 is 2.08 bits per heavy atom. The lowest BCUT2D eigenvalue weighted by Crippen LogP contribution is -2.04. The molecule has 0 fully saturated rings. The van der Waals surface area contributed by atoms with E-state index in [2.05, 4.69) is 4.99 Å². The van der Waals surface area contributed by atoms with Crippen molar-refractivity contribution >= 4 is 17.9 Å². The van der Waals surface area contributed by atoms with E-state index < -0.39 is 0 Å². The third-order valence-corrected chi connectivity index (χ3v) is 3.43. The Morgan fingerprint density at radius 2 is 1.60 bits per heavy atom. The van der Waals surface area contributed by atoms with E-state index in [1.165, 1.54) is 0 Å². The van der Waals surface area contributed by atoms with Gasteiger partial charge < -0.3 is 18.9 Å². The van der Waals surface area contributed by atoms with Crippen LogP contribution in [-0.2, 0) is 4.74 Å². The Labute approximate surface area is 147 Å². The molecule has 132 valence electrons. The number of hydrogen-bond donors (Lipinski definition) is 0. The molecular weight excluding hydrogens is 322 g/mol. The van der Waals surface area contributed by atoms with Gasteiger partial charge >= 0.3 is 5.97 Å². The van der Waals surface area contributed by atoms with Gasteiger partial charge in [-0.15, -0.1) is 0 Å². The van der Waals surface area contributed by atoms with Gasteiger partial charge in [0.15, 0.2) is 11.5 Å². The number of methoxy groups -OCH3 is 3. The van der Waals surface area contributed by atoms with Crippen molar-refractivity contribution in [2.45, 2.75) is 6.92 Å². The van der Waals surface area contributed by atoms with Crippen LogP contribution in [0.2, 0.25) is 0 Å². The first-order valence-corrected chi connectivity index (χ1v) is 7.74. The Balaban J connectivity index is 2.22. The van der Waals surface area contributed by atoms with Gasteiger partial charge in [-0.25, -0.2) is 4.79 Å². The van der Waals surface area contributed by atoms with Crippen molar-refractivity contribution in [2.75, 3.05) is 27.9 Å². The summed E-state index contributed by atoms with van der Waals surface area (Å²) in [5, 5.41) is 0. The monoisotopic (exact) mass is 343 g/mol. The maximum Gasteiger partial charge on any atom is 0.338 e. The van der Waals surface area contributed by atoms with Crippen LogP contribution in [0.3, 0.4) is 0 Å². The van der Waals surface area contributed by atoms with E-state index in [1.807, 2.05) is 0 Å².